The van der Waals surface area contributed by atoms with Crippen LogP contribution in [-0.4, -0.2) is 33.5 Å². The van der Waals surface area contributed by atoms with Crippen molar-refractivity contribution < 1.29 is 8.42 Å². The van der Waals surface area contributed by atoms with Crippen molar-refractivity contribution >= 4 is 9.84 Å². The van der Waals surface area contributed by atoms with Crippen LogP contribution in [0.4, 0.5) is 0 Å². The van der Waals surface area contributed by atoms with E-state index in [1.807, 2.05) is 0 Å². The number of sulfone groups is 1. The zero-order valence-electron chi connectivity index (χ0n) is 9.41. The highest BCUT2D eigenvalue weighted by atomic mass is 32.2. The van der Waals surface area contributed by atoms with E-state index >= 15 is 0 Å². The van der Waals surface area contributed by atoms with Gasteiger partial charge in [-0.1, -0.05) is 12.2 Å². The van der Waals surface area contributed by atoms with Gasteiger partial charge in [0.2, 0.25) is 0 Å². The summed E-state index contributed by atoms with van der Waals surface area (Å²) >= 11 is 0. The van der Waals surface area contributed by atoms with Crippen LogP contribution >= 0.6 is 0 Å². The van der Waals surface area contributed by atoms with E-state index in [1.54, 1.807) is 0 Å². The Hall–Kier alpha value is -0.350. The molecule has 0 aromatic carbocycles. The Morgan fingerprint density at radius 2 is 2.20 bits per heavy atom. The van der Waals surface area contributed by atoms with E-state index in [4.69, 9.17) is 0 Å². The predicted octanol–water partition coefficient (Wildman–Crippen LogP) is 1.37. The molecular formula is C11H21NO2S. The van der Waals surface area contributed by atoms with Crippen LogP contribution in [0.3, 0.4) is 0 Å². The van der Waals surface area contributed by atoms with Crippen LogP contribution < -0.4 is 5.32 Å². The molecule has 4 heteroatoms. The molecule has 1 N–H and O–H groups in total. The highest BCUT2D eigenvalue weighted by Crippen LogP contribution is 2.16. The minimum atomic E-state index is -2.78. The Kier molecular flexibility index (Phi) is 5.32. The van der Waals surface area contributed by atoms with Gasteiger partial charge in [0.15, 0.2) is 0 Å². The van der Waals surface area contributed by atoms with Gasteiger partial charge in [-0.25, -0.2) is 8.42 Å². The normalized spacial score (nSPS) is 21.8. The molecule has 0 bridgehead atoms. The Bertz CT molecular complexity index is 296. The average Bonchev–Trinajstić information content (AvgIpc) is 2.17. The van der Waals surface area contributed by atoms with Gasteiger partial charge in [0, 0.05) is 6.26 Å². The summed E-state index contributed by atoms with van der Waals surface area (Å²) in [6.07, 6.45) is 10.1. The summed E-state index contributed by atoms with van der Waals surface area (Å²) in [6, 6.07) is 0. The van der Waals surface area contributed by atoms with Crippen molar-refractivity contribution in [1.29, 1.82) is 0 Å². The molecule has 3 nitrogen and oxygen atoms in total. The molecule has 0 saturated carbocycles. The van der Waals surface area contributed by atoms with Gasteiger partial charge < -0.3 is 5.32 Å². The summed E-state index contributed by atoms with van der Waals surface area (Å²) in [5.74, 6) is 1.04. The lowest BCUT2D eigenvalue weighted by Gasteiger charge is -2.17. The molecule has 1 rings (SSSR count). The van der Waals surface area contributed by atoms with Crippen LogP contribution in [-0.2, 0) is 9.84 Å². The van der Waals surface area contributed by atoms with Crippen LogP contribution in [0.15, 0.2) is 12.2 Å². The zero-order valence-corrected chi connectivity index (χ0v) is 10.2. The van der Waals surface area contributed by atoms with Gasteiger partial charge in [-0.05, 0) is 44.7 Å². The summed E-state index contributed by atoms with van der Waals surface area (Å²) in [5.41, 5.74) is 0. The standard InChI is InChI=1S/C11H21NO2S/c1-15(13,14)9-5-8-12-10-11-6-3-2-4-7-11/h2-3,11-12H,4-10H2,1H3. The van der Waals surface area contributed by atoms with E-state index in [2.05, 4.69) is 17.5 Å². The molecule has 0 fully saturated rings. The second-order valence-corrected chi connectivity index (χ2v) is 6.60. The SMILES string of the molecule is CS(=O)(=O)CCCNCC1CC=CCC1. The smallest absolute Gasteiger partial charge is 0.147 e. The van der Waals surface area contributed by atoms with Gasteiger partial charge in [-0.3, -0.25) is 0 Å². The second kappa shape index (κ2) is 6.28. The molecule has 0 heterocycles. The third-order valence-corrected chi connectivity index (χ3v) is 3.71. The van der Waals surface area contributed by atoms with Gasteiger partial charge in [0.05, 0.1) is 5.75 Å². The quantitative estimate of drug-likeness (QED) is 0.555. The first-order valence-electron chi connectivity index (χ1n) is 5.61. The molecular weight excluding hydrogens is 210 g/mol. The lowest BCUT2D eigenvalue weighted by molar-refractivity contribution is 0.441. The molecule has 15 heavy (non-hydrogen) atoms. The molecule has 0 saturated heterocycles. The Balaban J connectivity index is 1.99. The molecule has 0 aliphatic heterocycles. The molecule has 1 aliphatic carbocycles. The minimum absolute atomic E-state index is 0.296. The fourth-order valence-corrected chi connectivity index (χ4v) is 2.48. The maximum absolute atomic E-state index is 10.9. The number of allylic oxidation sites excluding steroid dienone is 2. The van der Waals surface area contributed by atoms with Crippen LogP contribution in [0, 0.1) is 5.92 Å². The number of rotatable bonds is 6. The van der Waals surface area contributed by atoms with Crippen molar-refractivity contribution in [3.63, 3.8) is 0 Å². The van der Waals surface area contributed by atoms with Crippen LogP contribution in [0.25, 0.3) is 0 Å². The first-order chi connectivity index (χ1) is 7.08. The topological polar surface area (TPSA) is 46.2 Å². The highest BCUT2D eigenvalue weighted by Gasteiger charge is 2.08. The second-order valence-electron chi connectivity index (χ2n) is 4.34. The largest absolute Gasteiger partial charge is 0.316 e. The van der Waals surface area contributed by atoms with Gasteiger partial charge >= 0.3 is 0 Å². The number of hydrogen-bond acceptors (Lipinski definition) is 3. The van der Waals surface area contributed by atoms with Crippen LogP contribution in [0.5, 0.6) is 0 Å². The zero-order chi connectivity index (χ0) is 11.1. The summed E-state index contributed by atoms with van der Waals surface area (Å²) in [6.45, 7) is 1.83. The summed E-state index contributed by atoms with van der Waals surface area (Å²) in [7, 11) is -2.78. The van der Waals surface area contributed by atoms with Gasteiger partial charge in [-0.15, -0.1) is 0 Å². The molecule has 1 aliphatic rings. The third kappa shape index (κ3) is 6.68. The number of nitrogens with one attached hydrogen (secondary N) is 1. The van der Waals surface area contributed by atoms with E-state index in [1.165, 1.54) is 25.5 Å². The van der Waals surface area contributed by atoms with E-state index < -0.39 is 9.84 Å². The molecule has 1 unspecified atom stereocenters. The lowest BCUT2D eigenvalue weighted by Crippen LogP contribution is -2.25. The van der Waals surface area contributed by atoms with E-state index in [9.17, 15) is 8.42 Å². The van der Waals surface area contributed by atoms with Crippen molar-refractivity contribution in [2.75, 3.05) is 25.1 Å². The van der Waals surface area contributed by atoms with Crippen molar-refractivity contribution in [1.82, 2.24) is 5.32 Å². The number of hydrogen-bond donors (Lipinski definition) is 1. The fourth-order valence-electron chi connectivity index (χ4n) is 1.81. The van der Waals surface area contributed by atoms with Gasteiger partial charge in [0.25, 0.3) is 0 Å². The fraction of sp³-hybridized carbons (Fsp3) is 0.818. The summed E-state index contributed by atoms with van der Waals surface area (Å²) in [4.78, 5) is 0. The van der Waals surface area contributed by atoms with E-state index in [-0.39, 0.29) is 0 Å². The van der Waals surface area contributed by atoms with Crippen molar-refractivity contribution in [3.8, 4) is 0 Å². The Labute approximate surface area is 92.9 Å². The minimum Gasteiger partial charge on any atom is -0.316 e. The van der Waals surface area contributed by atoms with Crippen LogP contribution in [0.2, 0.25) is 0 Å². The van der Waals surface area contributed by atoms with Crippen molar-refractivity contribution in [2.24, 2.45) is 5.92 Å². The van der Waals surface area contributed by atoms with Gasteiger partial charge in [0.1, 0.15) is 9.84 Å². The van der Waals surface area contributed by atoms with Crippen molar-refractivity contribution in [2.45, 2.75) is 25.7 Å². The first kappa shape index (κ1) is 12.7. The predicted molar refractivity (Wildman–Crippen MR) is 63.7 cm³/mol. The maximum Gasteiger partial charge on any atom is 0.147 e. The third-order valence-electron chi connectivity index (χ3n) is 2.68. The van der Waals surface area contributed by atoms with Crippen LogP contribution in [0.1, 0.15) is 25.7 Å². The monoisotopic (exact) mass is 231 g/mol. The highest BCUT2D eigenvalue weighted by molar-refractivity contribution is 7.90. The summed E-state index contributed by atoms with van der Waals surface area (Å²) < 4.78 is 21.7. The van der Waals surface area contributed by atoms with E-state index in [0.717, 1.165) is 25.4 Å². The van der Waals surface area contributed by atoms with Gasteiger partial charge in [-0.2, -0.15) is 0 Å². The van der Waals surface area contributed by atoms with E-state index in [0.29, 0.717) is 5.75 Å². The average molecular weight is 231 g/mol. The Morgan fingerprint density at radius 1 is 1.40 bits per heavy atom. The maximum atomic E-state index is 10.9. The molecule has 0 amide bonds. The lowest BCUT2D eigenvalue weighted by atomic mass is 9.94. The molecule has 0 radical (unpaired) electrons. The molecule has 0 aromatic heterocycles. The molecule has 88 valence electrons. The molecule has 1 atom stereocenters. The van der Waals surface area contributed by atoms with Crippen molar-refractivity contribution in [3.05, 3.63) is 12.2 Å². The molecule has 0 aromatic rings. The first-order valence-corrected chi connectivity index (χ1v) is 7.67. The Morgan fingerprint density at radius 3 is 2.80 bits per heavy atom. The molecule has 0 spiro atoms. The summed E-state index contributed by atoms with van der Waals surface area (Å²) in [5, 5.41) is 3.33.